The van der Waals surface area contributed by atoms with Crippen molar-refractivity contribution in [2.45, 2.75) is 44.8 Å². The van der Waals surface area contributed by atoms with Gasteiger partial charge in [0.05, 0.1) is 12.8 Å². The van der Waals surface area contributed by atoms with E-state index in [1.165, 1.54) is 24.9 Å². The summed E-state index contributed by atoms with van der Waals surface area (Å²) in [6.45, 7) is 4.36. The molecule has 2 rings (SSSR count). The largest absolute Gasteiger partial charge is 0.495 e. The van der Waals surface area contributed by atoms with E-state index in [1.54, 1.807) is 7.11 Å². The number of hydrogen-bond acceptors (Lipinski definition) is 4. The van der Waals surface area contributed by atoms with E-state index in [4.69, 9.17) is 4.74 Å². The molecule has 1 fully saturated rings. The summed E-state index contributed by atoms with van der Waals surface area (Å²) in [7, 11) is 5.91. The SMILES string of the molecule is COc1ccc(CN(C)C)cc1NC(C)CC1CCCN1. The van der Waals surface area contributed by atoms with Crippen molar-refractivity contribution in [1.82, 2.24) is 10.2 Å². The smallest absolute Gasteiger partial charge is 0.141 e. The van der Waals surface area contributed by atoms with Gasteiger partial charge in [0.1, 0.15) is 5.75 Å². The van der Waals surface area contributed by atoms with Crippen molar-refractivity contribution in [3.8, 4) is 5.75 Å². The van der Waals surface area contributed by atoms with Gasteiger partial charge >= 0.3 is 0 Å². The molecule has 0 aromatic heterocycles. The molecule has 1 aromatic carbocycles. The highest BCUT2D eigenvalue weighted by Crippen LogP contribution is 2.27. The molecule has 4 heteroatoms. The van der Waals surface area contributed by atoms with Crippen LogP contribution in [0.5, 0.6) is 5.75 Å². The number of methoxy groups -OCH3 is 1. The molecule has 0 radical (unpaired) electrons. The topological polar surface area (TPSA) is 36.5 Å². The van der Waals surface area contributed by atoms with Gasteiger partial charge in [0.15, 0.2) is 0 Å². The number of ether oxygens (including phenoxy) is 1. The van der Waals surface area contributed by atoms with Crippen molar-refractivity contribution in [2.24, 2.45) is 0 Å². The summed E-state index contributed by atoms with van der Waals surface area (Å²) in [4.78, 5) is 2.18. The summed E-state index contributed by atoms with van der Waals surface area (Å²) in [6, 6.07) is 7.49. The molecule has 1 aromatic rings. The lowest BCUT2D eigenvalue weighted by Crippen LogP contribution is -2.29. The third-order valence-electron chi connectivity index (χ3n) is 3.97. The molecule has 0 amide bonds. The summed E-state index contributed by atoms with van der Waals surface area (Å²) in [5, 5.41) is 7.18. The van der Waals surface area contributed by atoms with Gasteiger partial charge in [0.2, 0.25) is 0 Å². The zero-order valence-electron chi connectivity index (χ0n) is 13.8. The van der Waals surface area contributed by atoms with Crippen LogP contribution in [0.3, 0.4) is 0 Å². The quantitative estimate of drug-likeness (QED) is 0.810. The first kappa shape index (κ1) is 16.1. The predicted molar refractivity (Wildman–Crippen MR) is 89.1 cm³/mol. The zero-order valence-corrected chi connectivity index (χ0v) is 13.8. The van der Waals surface area contributed by atoms with Gasteiger partial charge in [0, 0.05) is 18.6 Å². The molecule has 118 valence electrons. The molecule has 1 heterocycles. The molecule has 2 atom stereocenters. The summed E-state index contributed by atoms with van der Waals surface area (Å²) in [5.41, 5.74) is 2.40. The first-order valence-electron chi connectivity index (χ1n) is 7.90. The first-order chi connectivity index (χ1) is 10.1. The summed E-state index contributed by atoms with van der Waals surface area (Å²) < 4.78 is 5.48. The van der Waals surface area contributed by atoms with Crippen LogP contribution in [0, 0.1) is 0 Å². The average Bonchev–Trinajstić information content (AvgIpc) is 2.91. The fourth-order valence-electron chi connectivity index (χ4n) is 3.04. The van der Waals surface area contributed by atoms with Crippen molar-refractivity contribution in [2.75, 3.05) is 33.1 Å². The predicted octanol–water partition coefficient (Wildman–Crippen LogP) is 2.70. The Kier molecular flexibility index (Phi) is 5.88. The monoisotopic (exact) mass is 291 g/mol. The van der Waals surface area contributed by atoms with Gasteiger partial charge in [-0.3, -0.25) is 0 Å². The molecule has 0 aliphatic carbocycles. The van der Waals surface area contributed by atoms with E-state index >= 15 is 0 Å². The van der Waals surface area contributed by atoms with Crippen LogP contribution < -0.4 is 15.4 Å². The molecular formula is C17H29N3O. The Morgan fingerprint density at radius 2 is 2.24 bits per heavy atom. The van der Waals surface area contributed by atoms with Gasteiger partial charge in [-0.2, -0.15) is 0 Å². The molecule has 2 unspecified atom stereocenters. The van der Waals surface area contributed by atoms with Crippen LogP contribution in [0.1, 0.15) is 31.7 Å². The van der Waals surface area contributed by atoms with E-state index in [-0.39, 0.29) is 0 Å². The highest BCUT2D eigenvalue weighted by atomic mass is 16.5. The van der Waals surface area contributed by atoms with Crippen LogP contribution in [0.25, 0.3) is 0 Å². The number of hydrogen-bond donors (Lipinski definition) is 2. The normalized spacial score (nSPS) is 19.8. The Labute approximate surface area is 128 Å². The second-order valence-electron chi connectivity index (χ2n) is 6.35. The van der Waals surface area contributed by atoms with Gasteiger partial charge in [-0.25, -0.2) is 0 Å². The molecule has 1 saturated heterocycles. The van der Waals surface area contributed by atoms with E-state index in [0.717, 1.165) is 24.4 Å². The van der Waals surface area contributed by atoms with E-state index in [0.29, 0.717) is 12.1 Å². The van der Waals surface area contributed by atoms with Gasteiger partial charge < -0.3 is 20.3 Å². The third kappa shape index (κ3) is 4.90. The Hall–Kier alpha value is -1.26. The molecule has 0 saturated carbocycles. The molecule has 1 aliphatic heterocycles. The minimum absolute atomic E-state index is 0.434. The maximum atomic E-state index is 5.48. The molecule has 2 N–H and O–H groups in total. The highest BCUT2D eigenvalue weighted by molar-refractivity contribution is 5.58. The maximum absolute atomic E-state index is 5.48. The van der Waals surface area contributed by atoms with Crippen LogP contribution >= 0.6 is 0 Å². The van der Waals surface area contributed by atoms with Crippen LogP contribution in [-0.2, 0) is 6.54 Å². The molecular weight excluding hydrogens is 262 g/mol. The van der Waals surface area contributed by atoms with E-state index in [1.807, 2.05) is 0 Å². The Morgan fingerprint density at radius 3 is 2.86 bits per heavy atom. The highest BCUT2D eigenvalue weighted by Gasteiger charge is 2.17. The van der Waals surface area contributed by atoms with Crippen LogP contribution in [0.4, 0.5) is 5.69 Å². The lowest BCUT2D eigenvalue weighted by Gasteiger charge is -2.21. The number of nitrogens with zero attached hydrogens (tertiary/aromatic N) is 1. The van der Waals surface area contributed by atoms with Crippen LogP contribution in [0.2, 0.25) is 0 Å². The Bertz CT molecular complexity index is 442. The van der Waals surface area contributed by atoms with Crippen molar-refractivity contribution >= 4 is 5.69 Å². The summed E-state index contributed by atoms with van der Waals surface area (Å²) in [5.74, 6) is 0.920. The molecule has 1 aliphatic rings. The van der Waals surface area contributed by atoms with Crippen LogP contribution in [0.15, 0.2) is 18.2 Å². The maximum Gasteiger partial charge on any atom is 0.141 e. The number of benzene rings is 1. The average molecular weight is 291 g/mol. The minimum atomic E-state index is 0.434. The standard InChI is InChI=1S/C17H29N3O/c1-13(10-15-6-5-9-18-15)19-16-11-14(12-20(2)3)7-8-17(16)21-4/h7-8,11,13,15,18-19H,5-6,9-10,12H2,1-4H3. The lowest BCUT2D eigenvalue weighted by molar-refractivity contribution is 0.400. The number of nitrogens with one attached hydrogen (secondary N) is 2. The van der Waals surface area contributed by atoms with Crippen molar-refractivity contribution in [3.05, 3.63) is 23.8 Å². The molecule has 0 bridgehead atoms. The van der Waals surface area contributed by atoms with Gasteiger partial charge in [-0.05, 0) is 64.5 Å². The molecule has 0 spiro atoms. The van der Waals surface area contributed by atoms with E-state index in [9.17, 15) is 0 Å². The first-order valence-corrected chi connectivity index (χ1v) is 7.90. The summed E-state index contributed by atoms with van der Waals surface area (Å²) in [6.07, 6.45) is 3.75. The molecule has 21 heavy (non-hydrogen) atoms. The fourth-order valence-corrected chi connectivity index (χ4v) is 3.04. The number of rotatable bonds is 7. The summed E-state index contributed by atoms with van der Waals surface area (Å²) >= 11 is 0. The lowest BCUT2D eigenvalue weighted by atomic mass is 10.1. The van der Waals surface area contributed by atoms with Gasteiger partial charge in [0.25, 0.3) is 0 Å². The minimum Gasteiger partial charge on any atom is -0.495 e. The van der Waals surface area contributed by atoms with E-state index < -0.39 is 0 Å². The van der Waals surface area contributed by atoms with Crippen molar-refractivity contribution in [1.29, 1.82) is 0 Å². The van der Waals surface area contributed by atoms with Crippen molar-refractivity contribution in [3.63, 3.8) is 0 Å². The Balaban J connectivity index is 2.01. The second kappa shape index (κ2) is 7.66. The van der Waals surface area contributed by atoms with Crippen molar-refractivity contribution < 1.29 is 4.74 Å². The zero-order chi connectivity index (χ0) is 15.2. The third-order valence-corrected chi connectivity index (χ3v) is 3.97. The van der Waals surface area contributed by atoms with Gasteiger partial charge in [-0.15, -0.1) is 0 Å². The fraction of sp³-hybridized carbons (Fsp3) is 0.647. The van der Waals surface area contributed by atoms with Gasteiger partial charge in [-0.1, -0.05) is 6.07 Å². The second-order valence-corrected chi connectivity index (χ2v) is 6.35. The number of anilines is 1. The van der Waals surface area contributed by atoms with E-state index in [2.05, 4.69) is 54.8 Å². The molecule has 4 nitrogen and oxygen atoms in total. The Morgan fingerprint density at radius 1 is 1.43 bits per heavy atom. The van der Waals surface area contributed by atoms with Crippen LogP contribution in [-0.4, -0.2) is 44.7 Å².